The molecule has 0 saturated heterocycles. The monoisotopic (exact) mass is 279 g/mol. The largest absolute Gasteiger partial charge is 0.399 e. The van der Waals surface area contributed by atoms with Crippen molar-refractivity contribution in [3.8, 4) is 0 Å². The van der Waals surface area contributed by atoms with E-state index in [1.54, 1.807) is 43.3 Å². The van der Waals surface area contributed by atoms with Gasteiger partial charge in [0.2, 0.25) is 5.91 Å². The van der Waals surface area contributed by atoms with E-state index in [4.69, 9.17) is 10.5 Å². The van der Waals surface area contributed by atoms with Gasteiger partial charge in [0, 0.05) is 38.6 Å². The van der Waals surface area contributed by atoms with E-state index in [9.17, 15) is 9.59 Å². The molecule has 0 unspecified atom stereocenters. The minimum absolute atomic E-state index is 0.0211. The molecular formula is C14H21N3O3. The lowest BCUT2D eigenvalue weighted by atomic mass is 10.2. The first-order chi connectivity index (χ1) is 9.54. The topological polar surface area (TPSA) is 84.7 Å². The van der Waals surface area contributed by atoms with Crippen LogP contribution >= 0.6 is 0 Å². The summed E-state index contributed by atoms with van der Waals surface area (Å²) in [7, 11) is 3.32. The van der Waals surface area contributed by atoms with Crippen LogP contribution < -0.4 is 11.1 Å². The van der Waals surface area contributed by atoms with Crippen LogP contribution in [0, 0.1) is 0 Å². The molecule has 6 nitrogen and oxygen atoms in total. The number of carbonyl (C=O) groups is 2. The third kappa shape index (κ3) is 5.27. The number of anilines is 1. The number of hydrogen-bond donors (Lipinski definition) is 2. The summed E-state index contributed by atoms with van der Waals surface area (Å²) in [4.78, 5) is 25.1. The maximum Gasteiger partial charge on any atom is 0.251 e. The van der Waals surface area contributed by atoms with E-state index < -0.39 is 0 Å². The summed E-state index contributed by atoms with van der Waals surface area (Å²) in [5, 5.41) is 2.59. The van der Waals surface area contributed by atoms with Crippen LogP contribution in [-0.2, 0) is 9.53 Å². The normalized spacial score (nSPS) is 10.1. The molecule has 3 N–H and O–H groups in total. The molecule has 2 amide bonds. The fraction of sp³-hybridized carbons (Fsp3) is 0.429. The number of nitrogens with one attached hydrogen (secondary N) is 1. The van der Waals surface area contributed by atoms with Gasteiger partial charge in [0.25, 0.3) is 5.91 Å². The van der Waals surface area contributed by atoms with E-state index in [-0.39, 0.29) is 18.4 Å². The van der Waals surface area contributed by atoms with Gasteiger partial charge in [0.15, 0.2) is 0 Å². The number of benzene rings is 1. The number of amides is 2. The fourth-order valence-electron chi connectivity index (χ4n) is 1.60. The first kappa shape index (κ1) is 16.0. The molecule has 0 aliphatic heterocycles. The number of nitrogens with zero attached hydrogens (tertiary/aromatic N) is 1. The Kier molecular flexibility index (Phi) is 6.52. The first-order valence-electron chi connectivity index (χ1n) is 6.41. The molecule has 1 rings (SSSR count). The zero-order chi connectivity index (χ0) is 15.0. The minimum atomic E-state index is -0.288. The number of rotatable bonds is 7. The number of hydrogen-bond acceptors (Lipinski definition) is 4. The predicted octanol–water partition coefficient (Wildman–Crippen LogP) is 0.494. The van der Waals surface area contributed by atoms with Crippen molar-refractivity contribution in [3.63, 3.8) is 0 Å². The molecule has 0 aliphatic carbocycles. The average Bonchev–Trinajstić information content (AvgIpc) is 2.45. The highest BCUT2D eigenvalue weighted by Gasteiger charge is 2.11. The summed E-state index contributed by atoms with van der Waals surface area (Å²) in [5.41, 5.74) is 6.62. The van der Waals surface area contributed by atoms with E-state index in [1.165, 1.54) is 0 Å². The van der Waals surface area contributed by atoms with Crippen LogP contribution in [0.2, 0.25) is 0 Å². The van der Waals surface area contributed by atoms with Crippen LogP contribution in [0.1, 0.15) is 16.8 Å². The Morgan fingerprint density at radius 1 is 1.30 bits per heavy atom. The number of likely N-dealkylation sites (N-methyl/N-ethyl adjacent to an activating group) is 1. The molecule has 1 aromatic rings. The van der Waals surface area contributed by atoms with Gasteiger partial charge in [-0.1, -0.05) is 0 Å². The van der Waals surface area contributed by atoms with Crippen molar-refractivity contribution in [3.05, 3.63) is 29.8 Å². The molecule has 0 saturated carbocycles. The Bertz CT molecular complexity index is 445. The molecule has 0 spiro atoms. The van der Waals surface area contributed by atoms with Crippen molar-refractivity contribution in [2.45, 2.75) is 6.42 Å². The summed E-state index contributed by atoms with van der Waals surface area (Å²) in [6.07, 6.45) is 0.769. The van der Waals surface area contributed by atoms with Crippen LogP contribution in [0.4, 0.5) is 5.69 Å². The second-order valence-corrected chi connectivity index (χ2v) is 4.47. The molecule has 0 aliphatic rings. The second-order valence-electron chi connectivity index (χ2n) is 4.47. The number of carbonyl (C=O) groups excluding carboxylic acids is 2. The number of nitrogen functional groups attached to an aromatic ring is 1. The Hall–Kier alpha value is -2.08. The van der Waals surface area contributed by atoms with Gasteiger partial charge in [-0.05, 0) is 30.7 Å². The lowest BCUT2D eigenvalue weighted by Crippen LogP contribution is -2.38. The Labute approximate surface area is 118 Å². The summed E-state index contributed by atoms with van der Waals surface area (Å²) < 4.78 is 4.92. The zero-order valence-corrected chi connectivity index (χ0v) is 11.9. The first-order valence-corrected chi connectivity index (χ1v) is 6.41. The van der Waals surface area contributed by atoms with Gasteiger partial charge >= 0.3 is 0 Å². The maximum atomic E-state index is 11.8. The van der Waals surface area contributed by atoms with Crippen molar-refractivity contribution in [2.24, 2.45) is 0 Å². The number of methoxy groups -OCH3 is 1. The molecule has 20 heavy (non-hydrogen) atoms. The Morgan fingerprint density at radius 2 is 1.95 bits per heavy atom. The Morgan fingerprint density at radius 3 is 2.55 bits per heavy atom. The van der Waals surface area contributed by atoms with Crippen molar-refractivity contribution < 1.29 is 14.3 Å². The van der Waals surface area contributed by atoms with E-state index in [0.29, 0.717) is 24.4 Å². The minimum Gasteiger partial charge on any atom is -0.399 e. The summed E-state index contributed by atoms with van der Waals surface area (Å²) in [6.45, 7) is 1.19. The lowest BCUT2D eigenvalue weighted by molar-refractivity contribution is -0.128. The van der Waals surface area contributed by atoms with Gasteiger partial charge in [0.1, 0.15) is 0 Å². The van der Waals surface area contributed by atoms with Gasteiger partial charge in [-0.25, -0.2) is 0 Å². The SMILES string of the molecule is COCCCN(C)C(=O)CNC(=O)c1ccc(N)cc1. The van der Waals surface area contributed by atoms with E-state index in [2.05, 4.69) is 5.32 Å². The van der Waals surface area contributed by atoms with E-state index in [1.807, 2.05) is 0 Å². The molecule has 0 radical (unpaired) electrons. The zero-order valence-electron chi connectivity index (χ0n) is 11.9. The highest BCUT2D eigenvalue weighted by Crippen LogP contribution is 2.04. The number of ether oxygens (including phenoxy) is 1. The highest BCUT2D eigenvalue weighted by atomic mass is 16.5. The third-order valence-electron chi connectivity index (χ3n) is 2.84. The van der Waals surface area contributed by atoms with Gasteiger partial charge in [-0.3, -0.25) is 9.59 Å². The molecule has 6 heteroatoms. The quantitative estimate of drug-likeness (QED) is 0.562. The standard InChI is InChI=1S/C14H21N3O3/c1-17(8-3-9-20-2)13(18)10-16-14(19)11-4-6-12(15)7-5-11/h4-7H,3,8-10,15H2,1-2H3,(H,16,19). The molecular weight excluding hydrogens is 258 g/mol. The van der Waals surface area contributed by atoms with Gasteiger partial charge in [0.05, 0.1) is 6.54 Å². The van der Waals surface area contributed by atoms with E-state index >= 15 is 0 Å². The summed E-state index contributed by atoms with van der Waals surface area (Å²) in [5.74, 6) is -0.423. The smallest absolute Gasteiger partial charge is 0.251 e. The van der Waals surface area contributed by atoms with Crippen LogP contribution in [-0.4, -0.2) is 50.6 Å². The Balaban J connectivity index is 2.36. The van der Waals surface area contributed by atoms with Crippen molar-refractivity contribution >= 4 is 17.5 Å². The molecule has 0 fully saturated rings. The molecule has 0 aromatic heterocycles. The fourth-order valence-corrected chi connectivity index (χ4v) is 1.60. The molecule has 0 bridgehead atoms. The van der Waals surface area contributed by atoms with Gasteiger partial charge in [-0.15, -0.1) is 0 Å². The van der Waals surface area contributed by atoms with Crippen molar-refractivity contribution in [2.75, 3.05) is 39.6 Å². The molecule has 110 valence electrons. The van der Waals surface area contributed by atoms with E-state index in [0.717, 1.165) is 6.42 Å². The van der Waals surface area contributed by atoms with Gasteiger partial charge in [-0.2, -0.15) is 0 Å². The summed E-state index contributed by atoms with van der Waals surface area (Å²) in [6, 6.07) is 6.54. The second kappa shape index (κ2) is 8.16. The van der Waals surface area contributed by atoms with Crippen LogP contribution in [0.5, 0.6) is 0 Å². The molecule has 0 heterocycles. The van der Waals surface area contributed by atoms with Crippen LogP contribution in [0.3, 0.4) is 0 Å². The van der Waals surface area contributed by atoms with Crippen molar-refractivity contribution in [1.29, 1.82) is 0 Å². The highest BCUT2D eigenvalue weighted by molar-refractivity contribution is 5.96. The van der Waals surface area contributed by atoms with Crippen LogP contribution in [0.25, 0.3) is 0 Å². The van der Waals surface area contributed by atoms with Gasteiger partial charge < -0.3 is 20.7 Å². The third-order valence-corrected chi connectivity index (χ3v) is 2.84. The predicted molar refractivity (Wildman–Crippen MR) is 77.3 cm³/mol. The molecule has 1 aromatic carbocycles. The molecule has 0 atom stereocenters. The summed E-state index contributed by atoms with van der Waals surface area (Å²) >= 11 is 0. The number of nitrogens with two attached hydrogens (primary N) is 1. The average molecular weight is 279 g/mol. The maximum absolute atomic E-state index is 11.8. The van der Waals surface area contributed by atoms with Crippen molar-refractivity contribution in [1.82, 2.24) is 10.2 Å². The van der Waals surface area contributed by atoms with Crippen LogP contribution in [0.15, 0.2) is 24.3 Å². The lowest BCUT2D eigenvalue weighted by Gasteiger charge is -2.17.